The van der Waals surface area contributed by atoms with E-state index in [4.69, 9.17) is 5.73 Å². The van der Waals surface area contributed by atoms with Crippen molar-refractivity contribution in [1.29, 1.82) is 0 Å². The average Bonchev–Trinajstić information content (AvgIpc) is 2.31. The smallest absolute Gasteiger partial charge is 0.257 e. The summed E-state index contributed by atoms with van der Waals surface area (Å²) in [7, 11) is 0. The molecule has 0 radical (unpaired) electrons. The molecular weight excluding hydrogens is 238 g/mol. The second-order valence-electron chi connectivity index (χ2n) is 4.61. The van der Waals surface area contributed by atoms with Gasteiger partial charge in [0, 0.05) is 12.6 Å². The molecule has 5 heteroatoms. The molecule has 1 aromatic carbocycles. The van der Waals surface area contributed by atoms with E-state index in [-0.39, 0.29) is 24.1 Å². The highest BCUT2D eigenvalue weighted by Gasteiger charge is 2.22. The van der Waals surface area contributed by atoms with Crippen molar-refractivity contribution in [3.8, 4) is 0 Å². The van der Waals surface area contributed by atoms with Crippen molar-refractivity contribution in [3.63, 3.8) is 0 Å². The highest BCUT2D eigenvalue weighted by atomic mass is 19.1. The molecule has 0 bridgehead atoms. The number of amides is 1. The maximum Gasteiger partial charge on any atom is 0.257 e. The van der Waals surface area contributed by atoms with E-state index >= 15 is 0 Å². The van der Waals surface area contributed by atoms with Crippen molar-refractivity contribution >= 4 is 5.91 Å². The lowest BCUT2D eigenvalue weighted by Crippen LogP contribution is -2.44. The fourth-order valence-corrected chi connectivity index (χ4v) is 1.60. The largest absolute Gasteiger partial charge is 0.348 e. The molecule has 0 saturated carbocycles. The second-order valence-corrected chi connectivity index (χ2v) is 4.61. The number of rotatable bonds is 4. The van der Waals surface area contributed by atoms with E-state index in [0.29, 0.717) is 0 Å². The lowest BCUT2D eigenvalue weighted by atomic mass is 10.0. The Morgan fingerprint density at radius 1 is 1.39 bits per heavy atom. The third kappa shape index (κ3) is 3.04. The van der Waals surface area contributed by atoms with Crippen LogP contribution in [0.2, 0.25) is 0 Å². The molecule has 1 rings (SSSR count). The van der Waals surface area contributed by atoms with Crippen LogP contribution < -0.4 is 11.1 Å². The summed E-state index contributed by atoms with van der Waals surface area (Å²) < 4.78 is 27.2. The first-order valence-corrected chi connectivity index (χ1v) is 5.84. The molecule has 0 heterocycles. The van der Waals surface area contributed by atoms with Crippen LogP contribution in [0.15, 0.2) is 12.1 Å². The van der Waals surface area contributed by atoms with Gasteiger partial charge in [-0.2, -0.15) is 0 Å². The van der Waals surface area contributed by atoms with E-state index < -0.39 is 23.1 Å². The van der Waals surface area contributed by atoms with E-state index in [0.717, 1.165) is 6.07 Å². The Morgan fingerprint density at radius 3 is 2.50 bits per heavy atom. The molecule has 1 unspecified atom stereocenters. The molecule has 0 spiro atoms. The Morgan fingerprint density at radius 2 is 2.00 bits per heavy atom. The molecule has 0 saturated heterocycles. The van der Waals surface area contributed by atoms with Gasteiger partial charge in [0.1, 0.15) is 17.2 Å². The standard InChI is InChI=1S/C13H18F2N2O/c1-7(2)10(6-16)17-13(18)11-9(14)5-4-8(3)12(11)15/h4-5,7,10H,6,16H2,1-3H3,(H,17,18). The van der Waals surface area contributed by atoms with Crippen molar-refractivity contribution in [3.05, 3.63) is 34.9 Å². The summed E-state index contributed by atoms with van der Waals surface area (Å²) in [5.74, 6) is -2.37. The lowest BCUT2D eigenvalue weighted by molar-refractivity contribution is 0.0919. The Bertz CT molecular complexity index is 447. The van der Waals surface area contributed by atoms with Gasteiger partial charge >= 0.3 is 0 Å². The van der Waals surface area contributed by atoms with E-state index in [1.165, 1.54) is 13.0 Å². The first kappa shape index (κ1) is 14.6. The average molecular weight is 256 g/mol. The molecule has 1 amide bonds. The van der Waals surface area contributed by atoms with Crippen LogP contribution in [0.1, 0.15) is 29.8 Å². The molecule has 0 aliphatic carbocycles. The molecule has 0 fully saturated rings. The summed E-state index contributed by atoms with van der Waals surface area (Å²) in [6, 6.07) is 2.07. The van der Waals surface area contributed by atoms with Crippen LogP contribution in [-0.4, -0.2) is 18.5 Å². The highest BCUT2D eigenvalue weighted by molar-refractivity contribution is 5.95. The van der Waals surface area contributed by atoms with Crippen LogP contribution in [0.5, 0.6) is 0 Å². The zero-order valence-electron chi connectivity index (χ0n) is 10.8. The molecule has 1 atom stereocenters. The van der Waals surface area contributed by atoms with Gasteiger partial charge in [-0.15, -0.1) is 0 Å². The van der Waals surface area contributed by atoms with Gasteiger partial charge in [0.25, 0.3) is 5.91 Å². The van der Waals surface area contributed by atoms with Crippen LogP contribution in [0, 0.1) is 24.5 Å². The van der Waals surface area contributed by atoms with Gasteiger partial charge in [-0.25, -0.2) is 8.78 Å². The summed E-state index contributed by atoms with van der Waals surface area (Å²) in [5, 5.41) is 2.55. The zero-order chi connectivity index (χ0) is 13.9. The molecule has 0 aromatic heterocycles. The van der Waals surface area contributed by atoms with Crippen LogP contribution in [0.25, 0.3) is 0 Å². The van der Waals surface area contributed by atoms with E-state index in [1.807, 2.05) is 13.8 Å². The molecule has 1 aromatic rings. The summed E-state index contributed by atoms with van der Waals surface area (Å²) in [5.41, 5.74) is 5.19. The fourth-order valence-electron chi connectivity index (χ4n) is 1.60. The van der Waals surface area contributed by atoms with Crippen molar-refractivity contribution < 1.29 is 13.6 Å². The SMILES string of the molecule is Cc1ccc(F)c(C(=O)NC(CN)C(C)C)c1F. The van der Waals surface area contributed by atoms with Gasteiger partial charge < -0.3 is 11.1 Å². The number of carbonyl (C=O) groups excluding carboxylic acids is 1. The summed E-state index contributed by atoms with van der Waals surface area (Å²) >= 11 is 0. The van der Waals surface area contributed by atoms with Crippen LogP contribution >= 0.6 is 0 Å². The number of benzene rings is 1. The van der Waals surface area contributed by atoms with Gasteiger partial charge in [0.05, 0.1) is 0 Å². The quantitative estimate of drug-likeness (QED) is 0.865. The number of aryl methyl sites for hydroxylation is 1. The number of nitrogens with one attached hydrogen (secondary N) is 1. The molecule has 3 nitrogen and oxygen atoms in total. The molecule has 18 heavy (non-hydrogen) atoms. The maximum absolute atomic E-state index is 13.7. The second kappa shape index (κ2) is 5.91. The summed E-state index contributed by atoms with van der Waals surface area (Å²) in [6.45, 7) is 5.45. The highest BCUT2D eigenvalue weighted by Crippen LogP contribution is 2.16. The third-order valence-corrected chi connectivity index (χ3v) is 2.89. The van der Waals surface area contributed by atoms with Crippen molar-refractivity contribution in [2.24, 2.45) is 11.7 Å². The van der Waals surface area contributed by atoms with Gasteiger partial charge in [-0.3, -0.25) is 4.79 Å². The Labute approximate surface area is 105 Å². The number of nitrogens with two attached hydrogens (primary N) is 1. The zero-order valence-corrected chi connectivity index (χ0v) is 10.8. The first-order chi connectivity index (χ1) is 8.38. The van der Waals surface area contributed by atoms with Crippen LogP contribution in [0.3, 0.4) is 0 Å². The van der Waals surface area contributed by atoms with Gasteiger partial charge in [-0.1, -0.05) is 19.9 Å². The predicted molar refractivity (Wildman–Crippen MR) is 66.2 cm³/mol. The van der Waals surface area contributed by atoms with Crippen LogP contribution in [-0.2, 0) is 0 Å². The van der Waals surface area contributed by atoms with E-state index in [9.17, 15) is 13.6 Å². The minimum Gasteiger partial charge on any atom is -0.348 e. The fraction of sp³-hybridized carbons (Fsp3) is 0.462. The monoisotopic (exact) mass is 256 g/mol. The molecule has 0 aliphatic rings. The molecule has 3 N–H and O–H groups in total. The molecule has 100 valence electrons. The number of hydrogen-bond acceptors (Lipinski definition) is 2. The number of halogens is 2. The van der Waals surface area contributed by atoms with Crippen molar-refractivity contribution in [1.82, 2.24) is 5.32 Å². The molecule has 0 aliphatic heterocycles. The maximum atomic E-state index is 13.7. The van der Waals surface area contributed by atoms with Crippen molar-refractivity contribution in [2.75, 3.05) is 6.54 Å². The topological polar surface area (TPSA) is 55.1 Å². The Kier molecular flexibility index (Phi) is 4.78. The van der Waals surface area contributed by atoms with Crippen LogP contribution in [0.4, 0.5) is 8.78 Å². The van der Waals surface area contributed by atoms with Gasteiger partial charge in [0.2, 0.25) is 0 Å². The Balaban J connectivity index is 3.01. The minimum absolute atomic E-state index is 0.0925. The van der Waals surface area contributed by atoms with E-state index in [2.05, 4.69) is 5.32 Å². The third-order valence-electron chi connectivity index (χ3n) is 2.89. The Hall–Kier alpha value is -1.49. The van der Waals surface area contributed by atoms with Gasteiger partial charge in [-0.05, 0) is 24.5 Å². The van der Waals surface area contributed by atoms with Crippen molar-refractivity contribution in [2.45, 2.75) is 26.8 Å². The lowest BCUT2D eigenvalue weighted by Gasteiger charge is -2.21. The number of hydrogen-bond donors (Lipinski definition) is 2. The summed E-state index contributed by atoms with van der Waals surface area (Å²) in [6.07, 6.45) is 0. The first-order valence-electron chi connectivity index (χ1n) is 5.84. The van der Waals surface area contributed by atoms with Gasteiger partial charge in [0.15, 0.2) is 0 Å². The number of carbonyl (C=O) groups is 1. The predicted octanol–water partition coefficient (Wildman–Crippen LogP) is 1.99. The van der Waals surface area contributed by atoms with E-state index in [1.54, 1.807) is 0 Å². The minimum atomic E-state index is -0.866. The normalized spacial score (nSPS) is 12.6. The summed E-state index contributed by atoms with van der Waals surface area (Å²) in [4.78, 5) is 11.9. The molecular formula is C13H18F2N2O.